The van der Waals surface area contributed by atoms with Crippen LogP contribution in [-0.2, 0) is 11.3 Å². The number of nitrogens with one attached hydrogen (secondary N) is 1. The first kappa shape index (κ1) is 23.2. The Balaban J connectivity index is 1.54. The van der Waals surface area contributed by atoms with Crippen molar-refractivity contribution in [2.75, 3.05) is 36.5 Å². The molecule has 190 valence electrons. The number of fused-ring (bicyclic) bond motifs is 2. The van der Waals surface area contributed by atoms with Crippen molar-refractivity contribution in [3.63, 3.8) is 0 Å². The third-order valence-corrected chi connectivity index (χ3v) is 6.28. The topological polar surface area (TPSA) is 111 Å². The number of rotatable bonds is 6. The Bertz CT molecular complexity index is 1570. The molecule has 0 radical (unpaired) electrons. The van der Waals surface area contributed by atoms with Gasteiger partial charge in [0, 0.05) is 31.4 Å². The smallest absolute Gasteiger partial charge is 0.203 e. The maximum atomic E-state index is 13.6. The number of hydrogen-bond donors (Lipinski definition) is 1. The first-order valence-electron chi connectivity index (χ1n) is 12.2. The van der Waals surface area contributed by atoms with Gasteiger partial charge in [-0.25, -0.2) is 19.3 Å². The monoisotopic (exact) mass is 502 g/mol. The lowest BCUT2D eigenvalue weighted by Crippen LogP contribution is -2.36. The van der Waals surface area contributed by atoms with E-state index in [4.69, 9.17) is 14.7 Å². The summed E-state index contributed by atoms with van der Waals surface area (Å²) in [5, 5.41) is 11.9. The van der Waals surface area contributed by atoms with E-state index in [1.165, 1.54) is 12.3 Å². The van der Waals surface area contributed by atoms with Gasteiger partial charge >= 0.3 is 0 Å². The molecular weight excluding hydrogens is 475 g/mol. The summed E-state index contributed by atoms with van der Waals surface area (Å²) < 4.78 is 23.1. The molecule has 37 heavy (non-hydrogen) atoms. The normalized spacial score (nSPS) is 14.2. The minimum atomic E-state index is -0.377. The number of halogens is 1. The molecule has 1 aliphatic heterocycles. The van der Waals surface area contributed by atoms with Crippen LogP contribution in [0.1, 0.15) is 25.4 Å². The van der Waals surface area contributed by atoms with Gasteiger partial charge in [-0.1, -0.05) is 0 Å². The molecular formula is C25H27FN10O. The van der Waals surface area contributed by atoms with Crippen LogP contribution in [-0.4, -0.2) is 71.4 Å². The van der Waals surface area contributed by atoms with Gasteiger partial charge in [0.1, 0.15) is 28.7 Å². The zero-order valence-corrected chi connectivity index (χ0v) is 20.9. The van der Waals surface area contributed by atoms with E-state index in [0.29, 0.717) is 48.4 Å². The zero-order chi connectivity index (χ0) is 25.5. The molecule has 11 nitrogen and oxygen atoms in total. The third kappa shape index (κ3) is 4.44. The third-order valence-electron chi connectivity index (χ3n) is 6.28. The molecule has 5 aromatic rings. The van der Waals surface area contributed by atoms with Crippen LogP contribution in [0.4, 0.5) is 16.0 Å². The SMILES string of the molecule is Cc1nnc2c(NC(C)C)nc(-c3nc4cnc(N5CCOCC5)cc4n3Cc3ccc(F)cn3)cn12. The second-order valence-electron chi connectivity index (χ2n) is 9.33. The van der Waals surface area contributed by atoms with Crippen LogP contribution >= 0.6 is 0 Å². The van der Waals surface area contributed by atoms with Crippen LogP contribution in [0, 0.1) is 12.7 Å². The Kier molecular flexibility index (Phi) is 5.87. The van der Waals surface area contributed by atoms with Crippen LogP contribution in [0.5, 0.6) is 0 Å². The van der Waals surface area contributed by atoms with E-state index in [9.17, 15) is 4.39 Å². The molecule has 6 heterocycles. The van der Waals surface area contributed by atoms with Crippen molar-refractivity contribution in [2.24, 2.45) is 0 Å². The van der Waals surface area contributed by atoms with Crippen LogP contribution in [0.15, 0.2) is 36.8 Å². The summed E-state index contributed by atoms with van der Waals surface area (Å²) in [6, 6.07) is 5.28. The number of aryl methyl sites for hydroxylation is 1. The Morgan fingerprint density at radius 3 is 2.68 bits per heavy atom. The minimum Gasteiger partial charge on any atom is -0.378 e. The van der Waals surface area contributed by atoms with Crippen molar-refractivity contribution in [1.82, 2.24) is 39.1 Å². The molecule has 1 saturated heterocycles. The number of imidazole rings is 1. The van der Waals surface area contributed by atoms with E-state index in [2.05, 4.69) is 30.4 Å². The number of anilines is 2. The molecule has 1 fully saturated rings. The van der Waals surface area contributed by atoms with Gasteiger partial charge in [-0.05, 0) is 32.9 Å². The highest BCUT2D eigenvalue weighted by Gasteiger charge is 2.21. The first-order valence-corrected chi connectivity index (χ1v) is 12.2. The quantitative estimate of drug-likeness (QED) is 0.374. The van der Waals surface area contributed by atoms with Gasteiger partial charge < -0.3 is 19.5 Å². The molecule has 0 unspecified atom stereocenters. The summed E-state index contributed by atoms with van der Waals surface area (Å²) in [4.78, 5) is 21.0. The average molecular weight is 503 g/mol. The minimum absolute atomic E-state index is 0.145. The van der Waals surface area contributed by atoms with Gasteiger partial charge in [-0.2, -0.15) is 0 Å². The van der Waals surface area contributed by atoms with Gasteiger partial charge in [0.25, 0.3) is 0 Å². The lowest BCUT2D eigenvalue weighted by molar-refractivity contribution is 0.122. The van der Waals surface area contributed by atoms with Gasteiger partial charge in [-0.3, -0.25) is 9.38 Å². The molecule has 1 N–H and O–H groups in total. The molecule has 0 atom stereocenters. The summed E-state index contributed by atoms with van der Waals surface area (Å²) in [5.41, 5.74) is 3.61. The molecule has 0 aliphatic carbocycles. The molecule has 0 spiro atoms. The fourth-order valence-corrected chi connectivity index (χ4v) is 4.49. The maximum Gasteiger partial charge on any atom is 0.203 e. The van der Waals surface area contributed by atoms with Crippen molar-refractivity contribution >= 4 is 28.3 Å². The van der Waals surface area contributed by atoms with Gasteiger partial charge in [0.05, 0.1) is 43.4 Å². The van der Waals surface area contributed by atoms with Gasteiger partial charge in [-0.15, -0.1) is 10.2 Å². The fraction of sp³-hybridized carbons (Fsp3) is 0.360. The number of nitrogens with zero attached hydrogens (tertiary/aromatic N) is 9. The second kappa shape index (κ2) is 9.36. The standard InChI is InChI=1S/C25H27FN10O/c1-15(2)29-23-25-33-32-16(3)35(25)14-20(30-23)24-31-19-12-28-22(34-6-8-37-9-7-34)10-21(19)36(24)13-18-5-4-17(26)11-27-18/h4-5,10-12,14-15H,6-9,13H2,1-3H3,(H,29,30). The summed E-state index contributed by atoms with van der Waals surface area (Å²) >= 11 is 0. The predicted molar refractivity (Wildman–Crippen MR) is 137 cm³/mol. The Labute approximate surface area is 212 Å². The van der Waals surface area contributed by atoms with Crippen LogP contribution in [0.2, 0.25) is 0 Å². The van der Waals surface area contributed by atoms with Gasteiger partial charge in [0.2, 0.25) is 5.65 Å². The molecule has 5 aromatic heterocycles. The van der Waals surface area contributed by atoms with E-state index in [1.54, 1.807) is 12.3 Å². The van der Waals surface area contributed by atoms with Crippen LogP contribution < -0.4 is 10.2 Å². The van der Waals surface area contributed by atoms with E-state index in [1.807, 2.05) is 42.0 Å². The number of morpholine rings is 1. The van der Waals surface area contributed by atoms with Crippen molar-refractivity contribution < 1.29 is 9.13 Å². The summed E-state index contributed by atoms with van der Waals surface area (Å²) in [5.74, 6) is 2.49. The summed E-state index contributed by atoms with van der Waals surface area (Å²) in [6.07, 6.45) is 4.90. The highest BCUT2D eigenvalue weighted by molar-refractivity contribution is 5.82. The number of ether oxygens (including phenoxy) is 1. The average Bonchev–Trinajstić information content (AvgIpc) is 3.46. The second-order valence-corrected chi connectivity index (χ2v) is 9.33. The van der Waals surface area contributed by atoms with Crippen molar-refractivity contribution in [3.8, 4) is 11.5 Å². The Morgan fingerprint density at radius 2 is 1.92 bits per heavy atom. The first-order chi connectivity index (χ1) is 18.0. The van der Waals surface area contributed by atoms with Crippen molar-refractivity contribution in [1.29, 1.82) is 0 Å². The predicted octanol–water partition coefficient (Wildman–Crippen LogP) is 3.08. The molecule has 6 rings (SSSR count). The lowest BCUT2D eigenvalue weighted by atomic mass is 10.3. The molecule has 0 bridgehead atoms. The summed E-state index contributed by atoms with van der Waals surface area (Å²) in [6.45, 7) is 9.24. The Hall–Kier alpha value is -4.19. The van der Waals surface area contributed by atoms with E-state index < -0.39 is 0 Å². The molecule has 12 heteroatoms. The lowest BCUT2D eigenvalue weighted by Gasteiger charge is -2.27. The molecule has 0 saturated carbocycles. The number of pyridine rings is 2. The highest BCUT2D eigenvalue weighted by atomic mass is 19.1. The van der Waals surface area contributed by atoms with E-state index >= 15 is 0 Å². The molecule has 0 aromatic carbocycles. The number of aromatic nitrogens is 8. The zero-order valence-electron chi connectivity index (χ0n) is 20.9. The molecule has 0 amide bonds. The van der Waals surface area contributed by atoms with E-state index in [0.717, 1.165) is 35.8 Å². The number of hydrogen-bond acceptors (Lipinski definition) is 9. The van der Waals surface area contributed by atoms with Crippen LogP contribution in [0.25, 0.3) is 28.2 Å². The Morgan fingerprint density at radius 1 is 1.08 bits per heavy atom. The highest BCUT2D eigenvalue weighted by Crippen LogP contribution is 2.29. The molecule has 1 aliphatic rings. The maximum absolute atomic E-state index is 13.6. The van der Waals surface area contributed by atoms with Gasteiger partial charge in [0.15, 0.2) is 11.6 Å². The summed E-state index contributed by atoms with van der Waals surface area (Å²) in [7, 11) is 0. The fourth-order valence-electron chi connectivity index (χ4n) is 4.49. The van der Waals surface area contributed by atoms with Crippen molar-refractivity contribution in [3.05, 3.63) is 54.1 Å². The van der Waals surface area contributed by atoms with E-state index in [-0.39, 0.29) is 11.9 Å². The van der Waals surface area contributed by atoms with Crippen LogP contribution in [0.3, 0.4) is 0 Å². The largest absolute Gasteiger partial charge is 0.378 e. The van der Waals surface area contributed by atoms with Crippen molar-refractivity contribution in [2.45, 2.75) is 33.4 Å².